The van der Waals surface area contributed by atoms with Gasteiger partial charge in [-0.3, -0.25) is 9.69 Å². The molecule has 1 amide bonds. The standard InChI is InChI=1S/C18H28N2O3/c1-4-8-20(9-5-2)18(21)14-19(3)13-15-6-7-16-17(12-15)23-11-10-22-16/h6-7,12H,4-5,8-11,13-14H2,1-3H3. The molecule has 2 rings (SSSR count). The molecule has 1 heterocycles. The minimum absolute atomic E-state index is 0.203. The zero-order valence-corrected chi connectivity index (χ0v) is 14.5. The normalized spacial score (nSPS) is 13.2. The molecule has 1 aliphatic rings. The van der Waals surface area contributed by atoms with Gasteiger partial charge in [-0.2, -0.15) is 0 Å². The van der Waals surface area contributed by atoms with E-state index in [0.29, 0.717) is 26.3 Å². The van der Waals surface area contributed by atoms with E-state index in [0.717, 1.165) is 43.0 Å². The Labute approximate surface area is 139 Å². The van der Waals surface area contributed by atoms with E-state index in [1.54, 1.807) is 0 Å². The predicted molar refractivity (Wildman–Crippen MR) is 90.9 cm³/mol. The van der Waals surface area contributed by atoms with Gasteiger partial charge in [0, 0.05) is 19.6 Å². The van der Waals surface area contributed by atoms with Crippen LogP contribution in [0.5, 0.6) is 11.5 Å². The number of hydrogen-bond acceptors (Lipinski definition) is 4. The van der Waals surface area contributed by atoms with E-state index in [4.69, 9.17) is 9.47 Å². The second-order valence-corrected chi connectivity index (χ2v) is 6.03. The van der Waals surface area contributed by atoms with Crippen molar-refractivity contribution in [2.45, 2.75) is 33.2 Å². The number of likely N-dealkylation sites (N-methyl/N-ethyl adjacent to an activating group) is 1. The Morgan fingerprint density at radius 3 is 2.39 bits per heavy atom. The third-order valence-electron chi connectivity index (χ3n) is 3.80. The lowest BCUT2D eigenvalue weighted by Gasteiger charge is -2.25. The predicted octanol–water partition coefficient (Wildman–Crippen LogP) is 2.54. The highest BCUT2D eigenvalue weighted by molar-refractivity contribution is 5.78. The molecule has 5 nitrogen and oxygen atoms in total. The lowest BCUT2D eigenvalue weighted by Crippen LogP contribution is -2.39. The van der Waals surface area contributed by atoms with E-state index >= 15 is 0 Å². The second-order valence-electron chi connectivity index (χ2n) is 6.03. The van der Waals surface area contributed by atoms with E-state index in [1.807, 2.05) is 35.0 Å². The molecule has 23 heavy (non-hydrogen) atoms. The van der Waals surface area contributed by atoms with Crippen molar-refractivity contribution in [1.29, 1.82) is 0 Å². The van der Waals surface area contributed by atoms with E-state index in [2.05, 4.69) is 13.8 Å². The van der Waals surface area contributed by atoms with Crippen LogP contribution in [0.2, 0.25) is 0 Å². The quantitative estimate of drug-likeness (QED) is 0.738. The van der Waals surface area contributed by atoms with Crippen LogP contribution in [0.4, 0.5) is 0 Å². The van der Waals surface area contributed by atoms with E-state index in [1.165, 1.54) is 0 Å². The van der Waals surface area contributed by atoms with Crippen molar-refractivity contribution in [3.8, 4) is 11.5 Å². The Morgan fingerprint density at radius 1 is 1.09 bits per heavy atom. The summed E-state index contributed by atoms with van der Waals surface area (Å²) >= 11 is 0. The van der Waals surface area contributed by atoms with Gasteiger partial charge in [0.25, 0.3) is 0 Å². The van der Waals surface area contributed by atoms with Crippen molar-refractivity contribution < 1.29 is 14.3 Å². The van der Waals surface area contributed by atoms with Crippen molar-refractivity contribution in [2.75, 3.05) is 39.9 Å². The lowest BCUT2D eigenvalue weighted by molar-refractivity contribution is -0.132. The molecule has 0 unspecified atom stereocenters. The first kappa shape index (κ1) is 17.6. The molecule has 0 spiro atoms. The number of rotatable bonds is 8. The van der Waals surface area contributed by atoms with Crippen LogP contribution in [0.25, 0.3) is 0 Å². The average molecular weight is 320 g/mol. The Kier molecular flexibility index (Phi) is 6.71. The number of carbonyl (C=O) groups is 1. The summed E-state index contributed by atoms with van der Waals surface area (Å²) < 4.78 is 11.1. The van der Waals surface area contributed by atoms with E-state index < -0.39 is 0 Å². The molecule has 0 radical (unpaired) electrons. The first-order valence-electron chi connectivity index (χ1n) is 8.48. The van der Waals surface area contributed by atoms with Crippen molar-refractivity contribution >= 4 is 5.91 Å². The minimum atomic E-state index is 0.203. The van der Waals surface area contributed by atoms with Gasteiger partial charge in [-0.05, 0) is 37.6 Å². The highest BCUT2D eigenvalue weighted by Gasteiger charge is 2.16. The smallest absolute Gasteiger partial charge is 0.236 e. The number of nitrogens with zero attached hydrogens (tertiary/aromatic N) is 2. The summed E-state index contributed by atoms with van der Waals surface area (Å²) in [6.45, 7) is 8.24. The van der Waals surface area contributed by atoms with Crippen LogP contribution in [-0.2, 0) is 11.3 Å². The molecule has 0 bridgehead atoms. The van der Waals surface area contributed by atoms with Crippen LogP contribution in [0.15, 0.2) is 18.2 Å². The maximum atomic E-state index is 12.4. The highest BCUT2D eigenvalue weighted by Crippen LogP contribution is 2.30. The Morgan fingerprint density at radius 2 is 1.74 bits per heavy atom. The summed E-state index contributed by atoms with van der Waals surface area (Å²) in [7, 11) is 1.98. The molecule has 1 aliphatic heterocycles. The van der Waals surface area contributed by atoms with Gasteiger partial charge in [0.1, 0.15) is 13.2 Å². The molecule has 0 N–H and O–H groups in total. The lowest BCUT2D eigenvalue weighted by atomic mass is 10.2. The third kappa shape index (κ3) is 5.13. The highest BCUT2D eigenvalue weighted by atomic mass is 16.6. The number of carbonyl (C=O) groups excluding carboxylic acids is 1. The molecular formula is C18H28N2O3. The summed E-state index contributed by atoms with van der Waals surface area (Å²) in [5.74, 6) is 1.80. The number of hydrogen-bond donors (Lipinski definition) is 0. The van der Waals surface area contributed by atoms with E-state index in [9.17, 15) is 4.79 Å². The topological polar surface area (TPSA) is 42.0 Å². The van der Waals surface area contributed by atoms with Crippen molar-refractivity contribution in [2.24, 2.45) is 0 Å². The number of benzene rings is 1. The van der Waals surface area contributed by atoms with Crippen LogP contribution in [0.1, 0.15) is 32.3 Å². The molecule has 5 heteroatoms. The monoisotopic (exact) mass is 320 g/mol. The van der Waals surface area contributed by atoms with Crippen molar-refractivity contribution in [1.82, 2.24) is 9.80 Å². The molecule has 128 valence electrons. The first-order chi connectivity index (χ1) is 11.1. The molecule has 1 aromatic rings. The fraction of sp³-hybridized carbons (Fsp3) is 0.611. The molecule has 0 aliphatic carbocycles. The Balaban J connectivity index is 1.90. The summed E-state index contributed by atoms with van der Waals surface area (Å²) in [6.07, 6.45) is 2.00. The minimum Gasteiger partial charge on any atom is -0.486 e. The summed E-state index contributed by atoms with van der Waals surface area (Å²) in [6, 6.07) is 5.98. The summed E-state index contributed by atoms with van der Waals surface area (Å²) in [5, 5.41) is 0. The van der Waals surface area contributed by atoms with Gasteiger partial charge in [0.15, 0.2) is 11.5 Å². The third-order valence-corrected chi connectivity index (χ3v) is 3.80. The van der Waals surface area contributed by atoms with Gasteiger partial charge >= 0.3 is 0 Å². The number of ether oxygens (including phenoxy) is 2. The van der Waals surface area contributed by atoms with Gasteiger partial charge in [0.05, 0.1) is 6.54 Å². The van der Waals surface area contributed by atoms with Gasteiger partial charge in [-0.15, -0.1) is 0 Å². The molecule has 0 aromatic heterocycles. The maximum absolute atomic E-state index is 12.4. The SMILES string of the molecule is CCCN(CCC)C(=O)CN(C)Cc1ccc2c(c1)OCCO2. The zero-order valence-electron chi connectivity index (χ0n) is 14.5. The fourth-order valence-corrected chi connectivity index (χ4v) is 2.79. The number of amides is 1. The van der Waals surface area contributed by atoms with Crippen LogP contribution in [0, 0.1) is 0 Å². The Hall–Kier alpha value is -1.75. The maximum Gasteiger partial charge on any atom is 0.236 e. The first-order valence-corrected chi connectivity index (χ1v) is 8.48. The summed E-state index contributed by atoms with van der Waals surface area (Å²) in [5.41, 5.74) is 1.13. The van der Waals surface area contributed by atoms with Gasteiger partial charge in [0.2, 0.25) is 5.91 Å². The average Bonchev–Trinajstić information content (AvgIpc) is 2.54. The second kappa shape index (κ2) is 8.77. The number of fused-ring (bicyclic) bond motifs is 1. The molecule has 0 saturated heterocycles. The van der Waals surface area contributed by atoms with Crippen LogP contribution in [-0.4, -0.2) is 55.6 Å². The van der Waals surface area contributed by atoms with Crippen LogP contribution < -0.4 is 9.47 Å². The molecule has 0 saturated carbocycles. The largest absolute Gasteiger partial charge is 0.486 e. The molecular weight excluding hydrogens is 292 g/mol. The van der Waals surface area contributed by atoms with Gasteiger partial charge < -0.3 is 14.4 Å². The van der Waals surface area contributed by atoms with E-state index in [-0.39, 0.29) is 5.91 Å². The van der Waals surface area contributed by atoms with Crippen LogP contribution in [0.3, 0.4) is 0 Å². The van der Waals surface area contributed by atoms with Crippen LogP contribution >= 0.6 is 0 Å². The molecule has 1 aromatic carbocycles. The fourth-order valence-electron chi connectivity index (χ4n) is 2.79. The van der Waals surface area contributed by atoms with Crippen molar-refractivity contribution in [3.05, 3.63) is 23.8 Å². The van der Waals surface area contributed by atoms with Crippen molar-refractivity contribution in [3.63, 3.8) is 0 Å². The van der Waals surface area contributed by atoms with Gasteiger partial charge in [-0.25, -0.2) is 0 Å². The molecule has 0 fully saturated rings. The summed E-state index contributed by atoms with van der Waals surface area (Å²) in [4.78, 5) is 16.4. The molecule has 0 atom stereocenters. The Bertz CT molecular complexity index is 513. The van der Waals surface area contributed by atoms with Gasteiger partial charge in [-0.1, -0.05) is 19.9 Å². The zero-order chi connectivity index (χ0) is 16.7.